The number of carbonyl (C=O) groups excluding carboxylic acids is 1. The van der Waals surface area contributed by atoms with E-state index in [0.717, 1.165) is 5.69 Å². The van der Waals surface area contributed by atoms with Crippen LogP contribution in [0, 0.1) is 0 Å². The molecule has 96 valence electrons. The van der Waals surface area contributed by atoms with Crippen LogP contribution in [0.25, 0.3) is 0 Å². The van der Waals surface area contributed by atoms with Crippen LogP contribution in [0.4, 0.5) is 0 Å². The number of pyridine rings is 1. The van der Waals surface area contributed by atoms with Gasteiger partial charge in [0.15, 0.2) is 6.61 Å². The average molecular weight is 261 g/mol. The average Bonchev–Trinajstić information content (AvgIpc) is 2.29. The maximum absolute atomic E-state index is 11.1. The van der Waals surface area contributed by atoms with Crippen molar-refractivity contribution >= 4 is 18.4 Å². The summed E-state index contributed by atoms with van der Waals surface area (Å²) in [5.41, 5.74) is 6.20. The molecule has 0 spiro atoms. The number of aromatic nitrogens is 1. The summed E-state index contributed by atoms with van der Waals surface area (Å²) in [6, 6.07) is 3.51. The molecule has 2 N–H and O–H groups in total. The van der Waals surface area contributed by atoms with Crippen molar-refractivity contribution in [3.63, 3.8) is 0 Å². The lowest BCUT2D eigenvalue weighted by atomic mass is 10.2. The van der Waals surface area contributed by atoms with Gasteiger partial charge in [-0.1, -0.05) is 0 Å². The van der Waals surface area contributed by atoms with Crippen molar-refractivity contribution in [1.82, 2.24) is 4.98 Å². The number of hydrogen-bond acceptors (Lipinski definition) is 5. The van der Waals surface area contributed by atoms with E-state index in [9.17, 15) is 4.79 Å². The lowest BCUT2D eigenvalue weighted by Crippen LogP contribution is -2.16. The van der Waals surface area contributed by atoms with Crippen LogP contribution in [-0.4, -0.2) is 30.7 Å². The van der Waals surface area contributed by atoms with Gasteiger partial charge in [0.25, 0.3) is 0 Å². The second-order valence-corrected chi connectivity index (χ2v) is 3.08. The standard InChI is InChI=1S/C11H16N2O3.ClH/c1-2-15-11(14)8-16-10-4-3-7-13-9(10)5-6-12;/h3-4,7H,2,5-6,8,12H2,1H3;1H. The van der Waals surface area contributed by atoms with E-state index in [4.69, 9.17) is 15.2 Å². The van der Waals surface area contributed by atoms with Crippen LogP contribution >= 0.6 is 12.4 Å². The molecule has 0 aliphatic carbocycles. The summed E-state index contributed by atoms with van der Waals surface area (Å²) >= 11 is 0. The van der Waals surface area contributed by atoms with Crippen molar-refractivity contribution in [2.24, 2.45) is 5.73 Å². The number of nitrogens with zero attached hydrogens (tertiary/aromatic N) is 1. The number of esters is 1. The fraction of sp³-hybridized carbons (Fsp3) is 0.455. The minimum absolute atomic E-state index is 0. The molecule has 0 fully saturated rings. The summed E-state index contributed by atoms with van der Waals surface area (Å²) in [6.07, 6.45) is 2.29. The van der Waals surface area contributed by atoms with E-state index in [0.29, 0.717) is 25.3 Å². The molecule has 0 saturated carbocycles. The van der Waals surface area contributed by atoms with E-state index in [2.05, 4.69) is 4.98 Å². The summed E-state index contributed by atoms with van der Waals surface area (Å²) in [4.78, 5) is 15.2. The monoisotopic (exact) mass is 260 g/mol. The Bertz CT molecular complexity index is 347. The second-order valence-electron chi connectivity index (χ2n) is 3.08. The molecule has 0 aromatic carbocycles. The van der Waals surface area contributed by atoms with E-state index in [-0.39, 0.29) is 25.0 Å². The van der Waals surface area contributed by atoms with Gasteiger partial charge in [0.2, 0.25) is 0 Å². The number of nitrogens with two attached hydrogens (primary N) is 1. The zero-order chi connectivity index (χ0) is 11.8. The lowest BCUT2D eigenvalue weighted by Gasteiger charge is -2.09. The molecular weight excluding hydrogens is 244 g/mol. The molecule has 5 nitrogen and oxygen atoms in total. The molecule has 0 bridgehead atoms. The number of hydrogen-bond donors (Lipinski definition) is 1. The van der Waals surface area contributed by atoms with Crippen LogP contribution < -0.4 is 10.5 Å². The minimum Gasteiger partial charge on any atom is -0.480 e. The van der Waals surface area contributed by atoms with Crippen molar-refractivity contribution < 1.29 is 14.3 Å². The van der Waals surface area contributed by atoms with E-state index in [1.54, 1.807) is 25.3 Å². The molecule has 17 heavy (non-hydrogen) atoms. The number of halogens is 1. The molecule has 0 aliphatic rings. The first-order chi connectivity index (χ1) is 7.77. The molecule has 0 amide bonds. The highest BCUT2D eigenvalue weighted by molar-refractivity contribution is 5.85. The van der Waals surface area contributed by atoms with Gasteiger partial charge in [-0.3, -0.25) is 4.98 Å². The zero-order valence-corrected chi connectivity index (χ0v) is 10.5. The molecule has 0 radical (unpaired) electrons. The van der Waals surface area contributed by atoms with Crippen molar-refractivity contribution in [2.45, 2.75) is 13.3 Å². The normalized spacial score (nSPS) is 9.29. The quantitative estimate of drug-likeness (QED) is 0.771. The molecule has 0 saturated heterocycles. The second kappa shape index (κ2) is 8.78. The largest absolute Gasteiger partial charge is 0.480 e. The van der Waals surface area contributed by atoms with Crippen molar-refractivity contribution in [3.05, 3.63) is 24.0 Å². The fourth-order valence-electron chi connectivity index (χ4n) is 1.22. The van der Waals surface area contributed by atoms with Gasteiger partial charge in [0.05, 0.1) is 12.3 Å². The van der Waals surface area contributed by atoms with Gasteiger partial charge in [-0.15, -0.1) is 12.4 Å². The molecule has 6 heteroatoms. The first-order valence-electron chi connectivity index (χ1n) is 5.20. The maximum atomic E-state index is 11.1. The van der Waals surface area contributed by atoms with E-state index < -0.39 is 0 Å². The summed E-state index contributed by atoms with van der Waals surface area (Å²) in [6.45, 7) is 2.50. The highest BCUT2D eigenvalue weighted by Crippen LogP contribution is 2.15. The Hall–Kier alpha value is -1.33. The van der Waals surface area contributed by atoms with E-state index in [1.165, 1.54) is 0 Å². The predicted octanol–water partition coefficient (Wildman–Crippen LogP) is 0.946. The highest BCUT2D eigenvalue weighted by Gasteiger charge is 2.07. The number of rotatable bonds is 6. The molecule has 1 aromatic rings. The van der Waals surface area contributed by atoms with Gasteiger partial charge >= 0.3 is 5.97 Å². The Balaban J connectivity index is 0.00000256. The van der Waals surface area contributed by atoms with Crippen LogP contribution in [0.2, 0.25) is 0 Å². The topological polar surface area (TPSA) is 74.4 Å². The van der Waals surface area contributed by atoms with Gasteiger partial charge in [-0.05, 0) is 25.6 Å². The van der Waals surface area contributed by atoms with Gasteiger partial charge < -0.3 is 15.2 Å². The highest BCUT2D eigenvalue weighted by atomic mass is 35.5. The summed E-state index contributed by atoms with van der Waals surface area (Å²) in [5, 5.41) is 0. The van der Waals surface area contributed by atoms with Crippen molar-refractivity contribution in [2.75, 3.05) is 19.8 Å². The third-order valence-corrected chi connectivity index (χ3v) is 1.88. The Morgan fingerprint density at radius 2 is 2.29 bits per heavy atom. The molecule has 0 atom stereocenters. The van der Waals surface area contributed by atoms with E-state index >= 15 is 0 Å². The Labute approximate surface area is 107 Å². The first-order valence-corrected chi connectivity index (χ1v) is 5.20. The summed E-state index contributed by atoms with van der Waals surface area (Å²) in [7, 11) is 0. The van der Waals surface area contributed by atoms with Gasteiger partial charge in [0, 0.05) is 12.6 Å². The van der Waals surface area contributed by atoms with E-state index in [1.807, 2.05) is 0 Å². The van der Waals surface area contributed by atoms with Crippen LogP contribution in [0.15, 0.2) is 18.3 Å². The molecule has 1 aromatic heterocycles. The molecule has 1 rings (SSSR count). The lowest BCUT2D eigenvalue weighted by molar-refractivity contribution is -0.145. The zero-order valence-electron chi connectivity index (χ0n) is 9.72. The third-order valence-electron chi connectivity index (χ3n) is 1.88. The smallest absolute Gasteiger partial charge is 0.344 e. The van der Waals surface area contributed by atoms with Gasteiger partial charge in [-0.2, -0.15) is 0 Å². The SMILES string of the molecule is CCOC(=O)COc1cccnc1CCN.Cl. The molecule has 1 heterocycles. The third kappa shape index (κ3) is 5.51. The summed E-state index contributed by atoms with van der Waals surface area (Å²) in [5.74, 6) is 0.200. The van der Waals surface area contributed by atoms with Gasteiger partial charge in [-0.25, -0.2) is 4.79 Å². The minimum atomic E-state index is -0.384. The first kappa shape index (κ1) is 15.7. The Kier molecular flexibility index (Phi) is 8.09. The van der Waals surface area contributed by atoms with Gasteiger partial charge in [0.1, 0.15) is 5.75 Å². The predicted molar refractivity (Wildman–Crippen MR) is 66.4 cm³/mol. The number of carbonyl (C=O) groups is 1. The Morgan fingerprint density at radius 1 is 1.53 bits per heavy atom. The van der Waals surface area contributed by atoms with Crippen molar-refractivity contribution in [1.29, 1.82) is 0 Å². The molecule has 0 aliphatic heterocycles. The number of ether oxygens (including phenoxy) is 2. The van der Waals surface area contributed by atoms with Crippen LogP contribution in [-0.2, 0) is 16.0 Å². The van der Waals surface area contributed by atoms with Crippen molar-refractivity contribution in [3.8, 4) is 5.75 Å². The van der Waals surface area contributed by atoms with Crippen LogP contribution in [0.1, 0.15) is 12.6 Å². The maximum Gasteiger partial charge on any atom is 0.344 e. The molecular formula is C11H17ClN2O3. The fourth-order valence-corrected chi connectivity index (χ4v) is 1.22. The van der Waals surface area contributed by atoms with Crippen LogP contribution in [0.3, 0.4) is 0 Å². The van der Waals surface area contributed by atoms with Crippen LogP contribution in [0.5, 0.6) is 5.75 Å². The molecule has 0 unspecified atom stereocenters. The summed E-state index contributed by atoms with van der Waals surface area (Å²) < 4.78 is 10.1. The Morgan fingerprint density at radius 3 is 2.94 bits per heavy atom.